The Morgan fingerprint density at radius 2 is 2.00 bits per heavy atom. The van der Waals surface area contributed by atoms with Gasteiger partial charge in [-0.1, -0.05) is 26.7 Å². The van der Waals surface area contributed by atoms with Crippen LogP contribution in [-0.2, 0) is 6.54 Å². The third-order valence-electron chi connectivity index (χ3n) is 2.67. The van der Waals surface area contributed by atoms with E-state index >= 15 is 0 Å². The lowest BCUT2D eigenvalue weighted by atomic mass is 10.0. The lowest BCUT2D eigenvalue weighted by molar-refractivity contribution is 0.424. The van der Waals surface area contributed by atoms with Gasteiger partial charge in [-0.05, 0) is 43.0 Å². The summed E-state index contributed by atoms with van der Waals surface area (Å²) in [5.74, 6) is 1.71. The Morgan fingerprint density at radius 3 is 2.56 bits per heavy atom. The largest absolute Gasteiger partial charge is 0.448 e. The third kappa shape index (κ3) is 5.57. The molecule has 1 rings (SSSR count). The number of hydrogen-bond acceptors (Lipinski definition) is 2. The first-order chi connectivity index (χ1) is 7.58. The minimum atomic E-state index is 0.462. The van der Waals surface area contributed by atoms with Gasteiger partial charge in [0.1, 0.15) is 5.76 Å². The molecule has 1 unspecified atom stereocenters. The maximum absolute atomic E-state index is 5.70. The standard InChI is InChI=1S/C13H22ClNO/c1-10(2)5-4-6-11(3)15-9-12-7-8-13(14)16-12/h7-8,10-11,15H,4-6,9H2,1-3H3. The summed E-state index contributed by atoms with van der Waals surface area (Å²) in [5.41, 5.74) is 0. The van der Waals surface area contributed by atoms with Crippen LogP contribution in [0.4, 0.5) is 0 Å². The highest BCUT2D eigenvalue weighted by atomic mass is 35.5. The second-order valence-electron chi connectivity index (χ2n) is 4.81. The van der Waals surface area contributed by atoms with Crippen molar-refractivity contribution < 1.29 is 4.42 Å². The van der Waals surface area contributed by atoms with Crippen molar-refractivity contribution in [1.82, 2.24) is 5.32 Å². The molecule has 1 aromatic rings. The quantitative estimate of drug-likeness (QED) is 0.775. The van der Waals surface area contributed by atoms with Gasteiger partial charge in [0.15, 0.2) is 5.22 Å². The summed E-state index contributed by atoms with van der Waals surface area (Å²) in [6.07, 6.45) is 3.80. The van der Waals surface area contributed by atoms with Crippen molar-refractivity contribution in [3.05, 3.63) is 23.1 Å². The summed E-state index contributed by atoms with van der Waals surface area (Å²) in [6.45, 7) is 7.51. The van der Waals surface area contributed by atoms with Gasteiger partial charge in [-0.15, -0.1) is 0 Å². The van der Waals surface area contributed by atoms with E-state index < -0.39 is 0 Å². The van der Waals surface area contributed by atoms with E-state index in [-0.39, 0.29) is 0 Å². The SMILES string of the molecule is CC(C)CCCC(C)NCc1ccc(Cl)o1. The number of rotatable bonds is 7. The summed E-state index contributed by atoms with van der Waals surface area (Å²) < 4.78 is 5.28. The van der Waals surface area contributed by atoms with Crippen LogP contribution >= 0.6 is 11.6 Å². The Kier molecular flexibility index (Phi) is 5.93. The molecule has 0 saturated carbocycles. The van der Waals surface area contributed by atoms with Gasteiger partial charge >= 0.3 is 0 Å². The highest BCUT2D eigenvalue weighted by Crippen LogP contribution is 2.13. The normalized spacial score (nSPS) is 13.3. The van der Waals surface area contributed by atoms with Crippen LogP contribution in [0.1, 0.15) is 45.8 Å². The van der Waals surface area contributed by atoms with Crippen LogP contribution in [0.2, 0.25) is 5.22 Å². The van der Waals surface area contributed by atoms with E-state index in [1.807, 2.05) is 6.07 Å². The van der Waals surface area contributed by atoms with Crippen LogP contribution in [0, 0.1) is 5.92 Å². The molecule has 0 saturated heterocycles. The molecule has 1 N–H and O–H groups in total. The summed E-state index contributed by atoms with van der Waals surface area (Å²) in [7, 11) is 0. The van der Waals surface area contributed by atoms with Gasteiger partial charge in [0.25, 0.3) is 0 Å². The van der Waals surface area contributed by atoms with E-state index in [2.05, 4.69) is 26.1 Å². The summed E-state index contributed by atoms with van der Waals surface area (Å²) >= 11 is 5.70. The molecule has 0 aromatic carbocycles. The number of nitrogens with one attached hydrogen (secondary N) is 1. The smallest absolute Gasteiger partial charge is 0.193 e. The molecule has 0 spiro atoms. The van der Waals surface area contributed by atoms with Gasteiger partial charge in [-0.25, -0.2) is 0 Å². The number of halogens is 1. The molecule has 3 heteroatoms. The zero-order valence-electron chi connectivity index (χ0n) is 10.4. The zero-order valence-corrected chi connectivity index (χ0v) is 11.2. The Morgan fingerprint density at radius 1 is 1.25 bits per heavy atom. The molecule has 0 radical (unpaired) electrons. The summed E-state index contributed by atoms with van der Waals surface area (Å²) in [4.78, 5) is 0. The Balaban J connectivity index is 2.12. The molecule has 1 atom stereocenters. The lowest BCUT2D eigenvalue weighted by Gasteiger charge is -2.13. The van der Waals surface area contributed by atoms with Crippen LogP contribution in [0.3, 0.4) is 0 Å². The second kappa shape index (κ2) is 6.97. The minimum Gasteiger partial charge on any atom is -0.448 e. The van der Waals surface area contributed by atoms with Gasteiger partial charge < -0.3 is 9.73 Å². The molecule has 0 bridgehead atoms. The zero-order chi connectivity index (χ0) is 12.0. The molecular formula is C13H22ClNO. The molecule has 2 nitrogen and oxygen atoms in total. The number of furan rings is 1. The van der Waals surface area contributed by atoms with E-state index in [1.54, 1.807) is 6.07 Å². The van der Waals surface area contributed by atoms with Gasteiger partial charge in [0.05, 0.1) is 6.54 Å². The second-order valence-corrected chi connectivity index (χ2v) is 5.19. The van der Waals surface area contributed by atoms with E-state index in [0.717, 1.165) is 18.2 Å². The summed E-state index contributed by atoms with van der Waals surface area (Å²) in [5, 5.41) is 3.90. The maximum atomic E-state index is 5.70. The van der Waals surface area contributed by atoms with Gasteiger partial charge in [-0.3, -0.25) is 0 Å². The van der Waals surface area contributed by atoms with Crippen molar-refractivity contribution >= 4 is 11.6 Å². The Hall–Kier alpha value is -0.470. The highest BCUT2D eigenvalue weighted by Gasteiger charge is 2.04. The molecule has 0 aliphatic rings. The van der Waals surface area contributed by atoms with Crippen LogP contribution in [0.25, 0.3) is 0 Å². The molecular weight excluding hydrogens is 222 g/mol. The molecule has 1 aromatic heterocycles. The molecule has 0 amide bonds. The highest BCUT2D eigenvalue weighted by molar-refractivity contribution is 6.28. The fraction of sp³-hybridized carbons (Fsp3) is 0.692. The van der Waals surface area contributed by atoms with Crippen LogP contribution in [0.5, 0.6) is 0 Å². The Bertz CT molecular complexity index is 296. The summed E-state index contributed by atoms with van der Waals surface area (Å²) in [6, 6.07) is 4.22. The topological polar surface area (TPSA) is 25.2 Å². The molecule has 0 aliphatic heterocycles. The van der Waals surface area contributed by atoms with Gasteiger partial charge in [-0.2, -0.15) is 0 Å². The van der Waals surface area contributed by atoms with E-state index in [9.17, 15) is 0 Å². The third-order valence-corrected chi connectivity index (χ3v) is 2.88. The van der Waals surface area contributed by atoms with Crippen LogP contribution in [0.15, 0.2) is 16.5 Å². The van der Waals surface area contributed by atoms with Crippen molar-refractivity contribution in [2.24, 2.45) is 5.92 Å². The van der Waals surface area contributed by atoms with Gasteiger partial charge in [0.2, 0.25) is 0 Å². The Labute approximate surface area is 103 Å². The predicted octanol–water partition coefficient (Wildman–Crippen LogP) is 4.24. The molecule has 1 heterocycles. The van der Waals surface area contributed by atoms with Crippen molar-refractivity contribution in [1.29, 1.82) is 0 Å². The average Bonchev–Trinajstić information content (AvgIpc) is 2.61. The first-order valence-corrected chi connectivity index (χ1v) is 6.43. The van der Waals surface area contributed by atoms with Crippen molar-refractivity contribution in [2.45, 2.75) is 52.6 Å². The monoisotopic (exact) mass is 243 g/mol. The molecule has 0 fully saturated rings. The van der Waals surface area contributed by atoms with E-state index in [0.29, 0.717) is 11.3 Å². The fourth-order valence-corrected chi connectivity index (χ4v) is 1.82. The van der Waals surface area contributed by atoms with Crippen LogP contribution in [-0.4, -0.2) is 6.04 Å². The molecule has 16 heavy (non-hydrogen) atoms. The molecule has 92 valence electrons. The van der Waals surface area contributed by atoms with E-state index in [1.165, 1.54) is 19.3 Å². The van der Waals surface area contributed by atoms with E-state index in [4.69, 9.17) is 16.0 Å². The van der Waals surface area contributed by atoms with Crippen LogP contribution < -0.4 is 5.32 Å². The first kappa shape index (κ1) is 13.6. The first-order valence-electron chi connectivity index (χ1n) is 6.05. The van der Waals surface area contributed by atoms with Crippen molar-refractivity contribution in [3.8, 4) is 0 Å². The predicted molar refractivity (Wildman–Crippen MR) is 68.7 cm³/mol. The van der Waals surface area contributed by atoms with Crippen molar-refractivity contribution in [3.63, 3.8) is 0 Å². The minimum absolute atomic E-state index is 0.462. The number of hydrogen-bond donors (Lipinski definition) is 1. The fourth-order valence-electron chi connectivity index (χ4n) is 1.66. The maximum Gasteiger partial charge on any atom is 0.193 e. The van der Waals surface area contributed by atoms with Crippen molar-refractivity contribution in [2.75, 3.05) is 0 Å². The van der Waals surface area contributed by atoms with Gasteiger partial charge in [0, 0.05) is 6.04 Å². The molecule has 0 aliphatic carbocycles. The average molecular weight is 244 g/mol. The lowest BCUT2D eigenvalue weighted by Crippen LogP contribution is -2.25.